The Balaban J connectivity index is 1.62. The van der Waals surface area contributed by atoms with Gasteiger partial charge in [0.25, 0.3) is 0 Å². The first-order valence-corrected chi connectivity index (χ1v) is 9.45. The Hall–Kier alpha value is -1.85. The van der Waals surface area contributed by atoms with Gasteiger partial charge in [-0.15, -0.1) is 0 Å². The number of benzene rings is 1. The number of carbonyl (C=O) groups is 2. The highest BCUT2D eigenvalue weighted by Crippen LogP contribution is 2.27. The van der Waals surface area contributed by atoms with Gasteiger partial charge in [0.05, 0.1) is 12.1 Å². The van der Waals surface area contributed by atoms with E-state index in [1.807, 2.05) is 24.3 Å². The summed E-state index contributed by atoms with van der Waals surface area (Å²) in [5.41, 5.74) is 0.713. The molecule has 1 N–H and O–H groups in total. The number of nitrogens with one attached hydrogen (secondary N) is 1. The van der Waals surface area contributed by atoms with Crippen LogP contribution in [0.15, 0.2) is 36.9 Å². The maximum atomic E-state index is 12.8. The average molecular weight is 377 g/mol. The van der Waals surface area contributed by atoms with Crippen LogP contribution in [0.1, 0.15) is 24.8 Å². The fraction of sp³-hybridized carbons (Fsp3) is 0.500. The van der Waals surface area contributed by atoms with E-state index in [1.165, 1.54) is 6.08 Å². The van der Waals surface area contributed by atoms with Crippen LogP contribution in [0.25, 0.3) is 0 Å². The highest BCUT2D eigenvalue weighted by Gasteiger charge is 2.38. The standard InChI is InChI=1S/C20H25ClN2O3/c1-2-18(24)23-9-6-16(7-10-23)19(25)22-20(8-11-26-14-20)13-15-4-3-5-17(21)12-15/h2-5,12,16H,1,6-11,13-14H2,(H,22,25). The average Bonchev–Trinajstić information content (AvgIpc) is 3.09. The van der Waals surface area contributed by atoms with E-state index in [0.29, 0.717) is 50.6 Å². The van der Waals surface area contributed by atoms with Crippen LogP contribution in [0.5, 0.6) is 0 Å². The molecule has 2 aliphatic rings. The SMILES string of the molecule is C=CC(=O)N1CCC(C(=O)NC2(Cc3cccc(Cl)c3)CCOC2)CC1. The first kappa shape index (κ1) is 18.9. The van der Waals surface area contributed by atoms with Crippen LogP contribution in [-0.2, 0) is 20.7 Å². The molecule has 2 fully saturated rings. The Morgan fingerprint density at radius 3 is 2.77 bits per heavy atom. The Morgan fingerprint density at radius 2 is 2.15 bits per heavy atom. The summed E-state index contributed by atoms with van der Waals surface area (Å²) in [7, 11) is 0. The molecule has 2 heterocycles. The van der Waals surface area contributed by atoms with Crippen LogP contribution >= 0.6 is 11.6 Å². The second kappa shape index (κ2) is 8.23. The van der Waals surface area contributed by atoms with Crippen molar-refractivity contribution in [3.8, 4) is 0 Å². The van der Waals surface area contributed by atoms with Crippen molar-refractivity contribution in [2.24, 2.45) is 5.92 Å². The van der Waals surface area contributed by atoms with Gasteiger partial charge in [-0.2, -0.15) is 0 Å². The van der Waals surface area contributed by atoms with Gasteiger partial charge >= 0.3 is 0 Å². The van der Waals surface area contributed by atoms with Crippen molar-refractivity contribution in [1.82, 2.24) is 10.2 Å². The topological polar surface area (TPSA) is 58.6 Å². The van der Waals surface area contributed by atoms with Crippen molar-refractivity contribution in [1.29, 1.82) is 0 Å². The molecule has 1 aromatic carbocycles. The van der Waals surface area contributed by atoms with Gasteiger partial charge in [-0.05, 0) is 49.5 Å². The van der Waals surface area contributed by atoms with Gasteiger partial charge in [0.2, 0.25) is 11.8 Å². The zero-order valence-electron chi connectivity index (χ0n) is 14.9. The number of hydrogen-bond donors (Lipinski definition) is 1. The summed E-state index contributed by atoms with van der Waals surface area (Å²) in [4.78, 5) is 26.3. The second-order valence-electron chi connectivity index (χ2n) is 7.18. The summed E-state index contributed by atoms with van der Waals surface area (Å²) in [6, 6.07) is 7.74. The fourth-order valence-electron chi connectivity index (χ4n) is 3.78. The van der Waals surface area contributed by atoms with E-state index in [2.05, 4.69) is 11.9 Å². The molecule has 0 aromatic heterocycles. The van der Waals surface area contributed by atoms with Crippen molar-refractivity contribution >= 4 is 23.4 Å². The Labute approximate surface area is 159 Å². The molecule has 0 spiro atoms. The van der Waals surface area contributed by atoms with Crippen LogP contribution in [0, 0.1) is 5.92 Å². The molecule has 5 nitrogen and oxygen atoms in total. The molecule has 2 amide bonds. The number of likely N-dealkylation sites (tertiary alicyclic amines) is 1. The van der Waals surface area contributed by atoms with E-state index < -0.39 is 0 Å². The van der Waals surface area contributed by atoms with E-state index in [1.54, 1.807) is 4.90 Å². The highest BCUT2D eigenvalue weighted by molar-refractivity contribution is 6.30. The van der Waals surface area contributed by atoms with Crippen LogP contribution < -0.4 is 5.32 Å². The van der Waals surface area contributed by atoms with Crippen molar-refractivity contribution in [2.75, 3.05) is 26.3 Å². The lowest BCUT2D eigenvalue weighted by molar-refractivity contribution is -0.133. The molecule has 0 bridgehead atoms. The van der Waals surface area contributed by atoms with Gasteiger partial charge in [0, 0.05) is 30.6 Å². The first-order valence-electron chi connectivity index (χ1n) is 9.07. The number of amides is 2. The maximum Gasteiger partial charge on any atom is 0.245 e. The molecule has 0 radical (unpaired) electrons. The molecule has 2 aliphatic heterocycles. The number of carbonyl (C=O) groups excluding carboxylic acids is 2. The molecule has 2 saturated heterocycles. The predicted molar refractivity (Wildman–Crippen MR) is 101 cm³/mol. The molecular formula is C20H25ClN2O3. The predicted octanol–water partition coefficient (Wildman–Crippen LogP) is 2.58. The number of ether oxygens (including phenoxy) is 1. The monoisotopic (exact) mass is 376 g/mol. The number of halogens is 1. The van der Waals surface area contributed by atoms with Crippen LogP contribution in [-0.4, -0.2) is 48.6 Å². The molecule has 1 aromatic rings. The van der Waals surface area contributed by atoms with Crippen molar-refractivity contribution < 1.29 is 14.3 Å². The molecule has 140 valence electrons. The lowest BCUT2D eigenvalue weighted by Gasteiger charge is -2.34. The molecule has 6 heteroatoms. The minimum absolute atomic E-state index is 0.0585. The second-order valence-corrected chi connectivity index (χ2v) is 7.62. The third kappa shape index (κ3) is 4.46. The lowest BCUT2D eigenvalue weighted by atomic mass is 9.88. The quantitative estimate of drug-likeness (QED) is 0.803. The van der Waals surface area contributed by atoms with Gasteiger partial charge < -0.3 is 15.0 Å². The highest BCUT2D eigenvalue weighted by atomic mass is 35.5. The van der Waals surface area contributed by atoms with Crippen molar-refractivity contribution in [2.45, 2.75) is 31.2 Å². The van der Waals surface area contributed by atoms with E-state index >= 15 is 0 Å². The van der Waals surface area contributed by atoms with E-state index in [4.69, 9.17) is 16.3 Å². The van der Waals surface area contributed by atoms with E-state index in [9.17, 15) is 9.59 Å². The third-order valence-electron chi connectivity index (χ3n) is 5.28. The first-order chi connectivity index (χ1) is 12.5. The number of piperidine rings is 1. The molecule has 0 aliphatic carbocycles. The number of rotatable bonds is 5. The Bertz CT molecular complexity index is 677. The summed E-state index contributed by atoms with van der Waals surface area (Å²) in [6.07, 6.45) is 4.18. The number of nitrogens with zero attached hydrogens (tertiary/aromatic N) is 1. The maximum absolute atomic E-state index is 12.8. The summed E-state index contributed by atoms with van der Waals surface area (Å²) in [5.74, 6) is -0.0746. The summed E-state index contributed by atoms with van der Waals surface area (Å²) < 4.78 is 5.60. The minimum Gasteiger partial charge on any atom is -0.379 e. The molecule has 0 saturated carbocycles. The summed E-state index contributed by atoms with van der Waals surface area (Å²) in [6.45, 7) is 5.87. The summed E-state index contributed by atoms with van der Waals surface area (Å²) >= 11 is 6.10. The van der Waals surface area contributed by atoms with Gasteiger partial charge in [-0.1, -0.05) is 30.3 Å². The van der Waals surface area contributed by atoms with Gasteiger partial charge in [0.1, 0.15) is 0 Å². The van der Waals surface area contributed by atoms with Crippen LogP contribution in [0.3, 0.4) is 0 Å². The summed E-state index contributed by atoms with van der Waals surface area (Å²) in [5, 5.41) is 3.95. The molecule has 1 unspecified atom stereocenters. The van der Waals surface area contributed by atoms with Crippen LogP contribution in [0.2, 0.25) is 5.02 Å². The Morgan fingerprint density at radius 1 is 1.38 bits per heavy atom. The van der Waals surface area contributed by atoms with Gasteiger partial charge in [-0.3, -0.25) is 9.59 Å². The molecule has 1 atom stereocenters. The van der Waals surface area contributed by atoms with E-state index in [-0.39, 0.29) is 23.3 Å². The fourth-order valence-corrected chi connectivity index (χ4v) is 3.99. The minimum atomic E-state index is -0.379. The normalized spacial score (nSPS) is 23.7. The van der Waals surface area contributed by atoms with Gasteiger partial charge in [0.15, 0.2) is 0 Å². The zero-order chi connectivity index (χ0) is 18.6. The Kier molecular flexibility index (Phi) is 5.99. The van der Waals surface area contributed by atoms with Gasteiger partial charge in [-0.25, -0.2) is 0 Å². The molecular weight excluding hydrogens is 352 g/mol. The van der Waals surface area contributed by atoms with E-state index in [0.717, 1.165) is 12.0 Å². The van der Waals surface area contributed by atoms with Crippen molar-refractivity contribution in [3.63, 3.8) is 0 Å². The largest absolute Gasteiger partial charge is 0.379 e. The lowest BCUT2D eigenvalue weighted by Crippen LogP contribution is -2.54. The zero-order valence-corrected chi connectivity index (χ0v) is 15.6. The van der Waals surface area contributed by atoms with Crippen LogP contribution in [0.4, 0.5) is 0 Å². The van der Waals surface area contributed by atoms with Crippen molar-refractivity contribution in [3.05, 3.63) is 47.5 Å². The smallest absolute Gasteiger partial charge is 0.245 e. The number of hydrogen-bond acceptors (Lipinski definition) is 3. The third-order valence-corrected chi connectivity index (χ3v) is 5.51. The molecule has 3 rings (SSSR count). The molecule has 26 heavy (non-hydrogen) atoms.